The SMILES string of the molecule is N#CC=Cc1cnc(Nc2ccc(N3CCOCC3)cc2)nc1NCC1CC1. The van der Waals surface area contributed by atoms with Gasteiger partial charge in [0.1, 0.15) is 5.82 Å². The number of nitrogens with one attached hydrogen (secondary N) is 2. The third-order valence-corrected chi connectivity index (χ3v) is 4.91. The van der Waals surface area contributed by atoms with Crippen LogP contribution in [0.5, 0.6) is 0 Å². The van der Waals surface area contributed by atoms with Crippen molar-refractivity contribution in [3.05, 3.63) is 42.1 Å². The van der Waals surface area contributed by atoms with Crippen molar-refractivity contribution >= 4 is 29.2 Å². The Morgan fingerprint density at radius 3 is 2.71 bits per heavy atom. The van der Waals surface area contributed by atoms with Crippen LogP contribution in [0.25, 0.3) is 6.08 Å². The molecule has 1 aromatic heterocycles. The van der Waals surface area contributed by atoms with Gasteiger partial charge in [-0.3, -0.25) is 0 Å². The van der Waals surface area contributed by atoms with Gasteiger partial charge < -0.3 is 20.3 Å². The summed E-state index contributed by atoms with van der Waals surface area (Å²) >= 11 is 0. The van der Waals surface area contributed by atoms with Gasteiger partial charge in [-0.1, -0.05) is 0 Å². The molecule has 2 heterocycles. The molecule has 7 nitrogen and oxygen atoms in total. The van der Waals surface area contributed by atoms with Crippen LogP contribution in [0.15, 0.2) is 36.5 Å². The van der Waals surface area contributed by atoms with Crippen LogP contribution < -0.4 is 15.5 Å². The van der Waals surface area contributed by atoms with Gasteiger partial charge >= 0.3 is 0 Å². The van der Waals surface area contributed by atoms with Crippen molar-refractivity contribution in [3.63, 3.8) is 0 Å². The van der Waals surface area contributed by atoms with Crippen LogP contribution in [0, 0.1) is 17.2 Å². The first-order valence-corrected chi connectivity index (χ1v) is 9.69. The van der Waals surface area contributed by atoms with E-state index in [0.29, 0.717) is 5.95 Å². The number of nitrogens with zero attached hydrogens (tertiary/aromatic N) is 4. The number of benzene rings is 1. The van der Waals surface area contributed by atoms with E-state index in [1.807, 2.05) is 18.2 Å². The lowest BCUT2D eigenvalue weighted by molar-refractivity contribution is 0.122. The van der Waals surface area contributed by atoms with E-state index >= 15 is 0 Å². The number of nitriles is 1. The van der Waals surface area contributed by atoms with Crippen molar-refractivity contribution in [2.45, 2.75) is 12.8 Å². The highest BCUT2D eigenvalue weighted by atomic mass is 16.5. The molecule has 0 bridgehead atoms. The minimum Gasteiger partial charge on any atom is -0.378 e. The quantitative estimate of drug-likeness (QED) is 0.716. The summed E-state index contributed by atoms with van der Waals surface area (Å²) in [5.41, 5.74) is 2.94. The Morgan fingerprint density at radius 2 is 2.00 bits per heavy atom. The first-order chi connectivity index (χ1) is 13.8. The summed E-state index contributed by atoms with van der Waals surface area (Å²) in [6.45, 7) is 4.29. The van der Waals surface area contributed by atoms with Gasteiger partial charge in [-0.05, 0) is 49.1 Å². The zero-order valence-corrected chi connectivity index (χ0v) is 15.8. The number of aromatic nitrogens is 2. The Hall–Kier alpha value is -3.11. The molecule has 0 radical (unpaired) electrons. The van der Waals surface area contributed by atoms with Crippen LogP contribution in [0.3, 0.4) is 0 Å². The van der Waals surface area contributed by atoms with E-state index in [2.05, 4.69) is 37.6 Å². The van der Waals surface area contributed by atoms with Gasteiger partial charge in [0.2, 0.25) is 5.95 Å². The minimum atomic E-state index is 0.534. The topological polar surface area (TPSA) is 86.1 Å². The molecule has 1 aromatic carbocycles. The Bertz CT molecular complexity index is 863. The third kappa shape index (κ3) is 4.78. The molecule has 0 unspecified atom stereocenters. The number of anilines is 4. The van der Waals surface area contributed by atoms with Crippen LogP contribution in [0.2, 0.25) is 0 Å². The van der Waals surface area contributed by atoms with E-state index in [1.165, 1.54) is 24.6 Å². The molecule has 1 aliphatic heterocycles. The lowest BCUT2D eigenvalue weighted by Gasteiger charge is -2.28. The second kappa shape index (κ2) is 8.72. The molecule has 2 aromatic rings. The molecule has 0 atom stereocenters. The maximum atomic E-state index is 8.79. The molecule has 0 spiro atoms. The van der Waals surface area contributed by atoms with Crippen molar-refractivity contribution in [1.82, 2.24) is 9.97 Å². The van der Waals surface area contributed by atoms with Crippen LogP contribution >= 0.6 is 0 Å². The van der Waals surface area contributed by atoms with Gasteiger partial charge in [-0.2, -0.15) is 10.2 Å². The number of allylic oxidation sites excluding steroid dienone is 1. The van der Waals surface area contributed by atoms with Gasteiger partial charge in [0.15, 0.2) is 0 Å². The second-order valence-electron chi connectivity index (χ2n) is 7.06. The highest BCUT2D eigenvalue weighted by molar-refractivity contribution is 5.66. The zero-order valence-electron chi connectivity index (χ0n) is 15.8. The Kier molecular flexibility index (Phi) is 5.69. The number of hydrogen-bond acceptors (Lipinski definition) is 7. The van der Waals surface area contributed by atoms with Crippen molar-refractivity contribution < 1.29 is 4.74 Å². The lowest BCUT2D eigenvalue weighted by Crippen LogP contribution is -2.36. The second-order valence-corrected chi connectivity index (χ2v) is 7.06. The molecule has 28 heavy (non-hydrogen) atoms. The van der Waals surface area contributed by atoms with E-state index in [-0.39, 0.29) is 0 Å². The molecular weight excluding hydrogens is 352 g/mol. The predicted molar refractivity (Wildman–Crippen MR) is 111 cm³/mol. The monoisotopic (exact) mass is 376 g/mol. The lowest BCUT2D eigenvalue weighted by atomic mass is 10.2. The molecule has 0 amide bonds. The fraction of sp³-hybridized carbons (Fsp3) is 0.381. The van der Waals surface area contributed by atoms with Gasteiger partial charge in [0, 0.05) is 48.8 Å². The molecule has 1 saturated heterocycles. The van der Waals surface area contributed by atoms with Crippen molar-refractivity contribution in [2.75, 3.05) is 48.4 Å². The number of morpholine rings is 1. The van der Waals surface area contributed by atoms with Gasteiger partial charge in [0.25, 0.3) is 0 Å². The first kappa shape index (κ1) is 18.3. The summed E-state index contributed by atoms with van der Waals surface area (Å²) in [6.07, 6.45) is 7.44. The summed E-state index contributed by atoms with van der Waals surface area (Å²) in [6, 6.07) is 10.3. The largest absolute Gasteiger partial charge is 0.378 e. The van der Waals surface area contributed by atoms with Crippen molar-refractivity contribution in [3.8, 4) is 6.07 Å². The van der Waals surface area contributed by atoms with Gasteiger partial charge in [-0.25, -0.2) is 4.98 Å². The molecule has 2 fully saturated rings. The molecule has 4 rings (SSSR count). The molecule has 2 aliphatic rings. The predicted octanol–water partition coefficient (Wildman–Crippen LogP) is 3.42. The molecule has 7 heteroatoms. The van der Waals surface area contributed by atoms with E-state index < -0.39 is 0 Å². The summed E-state index contributed by atoms with van der Waals surface area (Å²) in [7, 11) is 0. The maximum Gasteiger partial charge on any atom is 0.229 e. The Balaban J connectivity index is 1.46. The van der Waals surface area contributed by atoms with E-state index in [9.17, 15) is 0 Å². The normalized spacial score (nSPS) is 16.8. The summed E-state index contributed by atoms with van der Waals surface area (Å²) < 4.78 is 5.41. The first-order valence-electron chi connectivity index (χ1n) is 9.69. The smallest absolute Gasteiger partial charge is 0.229 e. The fourth-order valence-corrected chi connectivity index (χ4v) is 3.11. The summed E-state index contributed by atoms with van der Waals surface area (Å²) in [5, 5.41) is 15.5. The molecule has 144 valence electrons. The van der Waals surface area contributed by atoms with Crippen molar-refractivity contribution in [2.24, 2.45) is 5.92 Å². The van der Waals surface area contributed by atoms with Crippen molar-refractivity contribution in [1.29, 1.82) is 5.26 Å². The van der Waals surface area contributed by atoms with Crippen LogP contribution in [0.1, 0.15) is 18.4 Å². The van der Waals surface area contributed by atoms with Crippen LogP contribution in [0.4, 0.5) is 23.1 Å². The van der Waals surface area contributed by atoms with Gasteiger partial charge in [0.05, 0.1) is 19.3 Å². The number of rotatable bonds is 7. The van der Waals surface area contributed by atoms with E-state index in [0.717, 1.165) is 55.8 Å². The van der Waals surface area contributed by atoms with Gasteiger partial charge in [-0.15, -0.1) is 0 Å². The standard InChI is InChI=1S/C21H24N6O/c22-9-1-2-17-15-24-21(26-20(17)23-14-16-3-4-16)25-18-5-7-19(8-6-18)27-10-12-28-13-11-27/h1-2,5-8,15-16H,3-4,10-14H2,(H2,23,24,25,26). The minimum absolute atomic E-state index is 0.534. The zero-order chi connectivity index (χ0) is 19.2. The average molecular weight is 376 g/mol. The number of ether oxygens (including phenoxy) is 1. The Morgan fingerprint density at radius 1 is 1.21 bits per heavy atom. The molecule has 1 aliphatic carbocycles. The highest BCUT2D eigenvalue weighted by Gasteiger charge is 2.21. The molecule has 1 saturated carbocycles. The van der Waals surface area contributed by atoms with Crippen LogP contribution in [-0.4, -0.2) is 42.8 Å². The third-order valence-electron chi connectivity index (χ3n) is 4.91. The highest BCUT2D eigenvalue weighted by Crippen LogP contribution is 2.29. The van der Waals surface area contributed by atoms with E-state index in [4.69, 9.17) is 10.00 Å². The summed E-state index contributed by atoms with van der Waals surface area (Å²) in [5.74, 6) is 2.01. The molecular formula is C21H24N6O. The summed E-state index contributed by atoms with van der Waals surface area (Å²) in [4.78, 5) is 11.3. The molecule has 2 N–H and O–H groups in total. The Labute approximate surface area is 165 Å². The van der Waals surface area contributed by atoms with Crippen LogP contribution in [-0.2, 0) is 4.74 Å². The fourth-order valence-electron chi connectivity index (χ4n) is 3.11. The van der Waals surface area contributed by atoms with E-state index in [1.54, 1.807) is 12.3 Å². The number of hydrogen-bond donors (Lipinski definition) is 2. The maximum absolute atomic E-state index is 8.79. The average Bonchev–Trinajstić information content (AvgIpc) is 3.57.